The van der Waals surface area contributed by atoms with Gasteiger partial charge in [0.15, 0.2) is 0 Å². The van der Waals surface area contributed by atoms with E-state index in [1.165, 1.54) is 23.6 Å². The zero-order valence-electron chi connectivity index (χ0n) is 22.7. The quantitative estimate of drug-likeness (QED) is 0.105. The predicted molar refractivity (Wildman–Crippen MR) is 146 cm³/mol. The Morgan fingerprint density at radius 2 is 1.43 bits per heavy atom. The Morgan fingerprint density at radius 3 is 1.95 bits per heavy atom. The Kier molecular flexibility index (Phi) is 18.4. The van der Waals surface area contributed by atoms with Crippen molar-refractivity contribution in [2.45, 2.75) is 77.4 Å². The van der Waals surface area contributed by atoms with Crippen LogP contribution in [0.15, 0.2) is 0 Å². The molecule has 0 saturated carbocycles. The molecule has 0 aliphatic carbocycles. The maximum atomic E-state index is 13.2. The van der Waals surface area contributed by atoms with Gasteiger partial charge in [-0.25, -0.2) is 0 Å². The van der Waals surface area contributed by atoms with E-state index in [-0.39, 0.29) is 18.4 Å². The van der Waals surface area contributed by atoms with E-state index in [0.717, 1.165) is 6.42 Å². The van der Waals surface area contributed by atoms with Crippen molar-refractivity contribution in [3.05, 3.63) is 0 Å². The zero-order chi connectivity index (χ0) is 28.4. The zero-order valence-corrected chi connectivity index (χ0v) is 23.5. The molecule has 0 saturated heterocycles. The SMILES string of the molecule is CSCCC(NC(=O)[C@@H](CCCCN)NC(=O)C(NC(=O)CN(CCCCN)C(C)=O)C(C)C)C(N)=O. The minimum atomic E-state index is -0.932. The molecule has 0 radical (unpaired) electrons. The molecule has 0 bridgehead atoms. The van der Waals surface area contributed by atoms with Crippen LogP contribution in [0.25, 0.3) is 0 Å². The minimum Gasteiger partial charge on any atom is -0.368 e. The normalized spacial score (nSPS) is 13.4. The van der Waals surface area contributed by atoms with Crippen LogP contribution in [0.4, 0.5) is 0 Å². The van der Waals surface area contributed by atoms with Gasteiger partial charge in [0.05, 0.1) is 6.54 Å². The Bertz CT molecular complexity index is 738. The summed E-state index contributed by atoms with van der Waals surface area (Å²) in [6.45, 7) is 6.04. The van der Waals surface area contributed by atoms with Crippen LogP contribution in [-0.4, -0.2) is 90.7 Å². The summed E-state index contributed by atoms with van der Waals surface area (Å²) in [4.78, 5) is 64.0. The lowest BCUT2D eigenvalue weighted by Crippen LogP contribution is -2.58. The number of hydrogen-bond donors (Lipinski definition) is 6. The number of primary amides is 1. The molecule has 0 aromatic heterocycles. The summed E-state index contributed by atoms with van der Waals surface area (Å²) in [7, 11) is 0. The van der Waals surface area contributed by atoms with Gasteiger partial charge in [0.2, 0.25) is 29.5 Å². The summed E-state index contributed by atoms with van der Waals surface area (Å²) < 4.78 is 0. The maximum absolute atomic E-state index is 13.2. The average molecular weight is 546 g/mol. The molecule has 0 aromatic rings. The molecule has 0 aliphatic heterocycles. The second-order valence-electron chi connectivity index (χ2n) is 9.32. The van der Waals surface area contributed by atoms with Gasteiger partial charge in [0.25, 0.3) is 0 Å². The molecule has 0 aromatic carbocycles. The number of rotatable bonds is 20. The number of amides is 5. The van der Waals surface area contributed by atoms with Gasteiger partial charge in [-0.3, -0.25) is 24.0 Å². The maximum Gasteiger partial charge on any atom is 0.243 e. The van der Waals surface area contributed by atoms with Crippen molar-refractivity contribution in [3.8, 4) is 0 Å². The van der Waals surface area contributed by atoms with Gasteiger partial charge in [-0.2, -0.15) is 11.8 Å². The van der Waals surface area contributed by atoms with Crippen molar-refractivity contribution in [1.82, 2.24) is 20.9 Å². The number of nitrogens with one attached hydrogen (secondary N) is 3. The first-order chi connectivity index (χ1) is 17.5. The Hall–Kier alpha value is -2.38. The van der Waals surface area contributed by atoms with E-state index in [2.05, 4.69) is 16.0 Å². The molecule has 0 aliphatic rings. The van der Waals surface area contributed by atoms with E-state index < -0.39 is 41.8 Å². The first-order valence-electron chi connectivity index (χ1n) is 12.8. The van der Waals surface area contributed by atoms with E-state index in [1.54, 1.807) is 13.8 Å². The highest BCUT2D eigenvalue weighted by Crippen LogP contribution is 2.08. The first-order valence-corrected chi connectivity index (χ1v) is 14.2. The van der Waals surface area contributed by atoms with E-state index >= 15 is 0 Å². The number of thioether (sulfide) groups is 1. The highest BCUT2D eigenvalue weighted by Gasteiger charge is 2.30. The van der Waals surface area contributed by atoms with Crippen molar-refractivity contribution in [2.75, 3.05) is 38.2 Å². The molecule has 2 unspecified atom stereocenters. The fourth-order valence-electron chi connectivity index (χ4n) is 3.54. The van der Waals surface area contributed by atoms with Gasteiger partial charge in [-0.05, 0) is 69.5 Å². The number of nitrogens with two attached hydrogens (primary N) is 3. The molecule has 37 heavy (non-hydrogen) atoms. The molecule has 0 fully saturated rings. The lowest BCUT2D eigenvalue weighted by Gasteiger charge is -2.27. The third-order valence-corrected chi connectivity index (χ3v) is 6.42. The van der Waals surface area contributed by atoms with Crippen LogP contribution >= 0.6 is 11.8 Å². The first kappa shape index (κ1) is 34.6. The summed E-state index contributed by atoms with van der Waals surface area (Å²) in [6.07, 6.45) is 5.18. The minimum absolute atomic E-state index is 0.188. The molecule has 0 heterocycles. The van der Waals surface area contributed by atoms with E-state index in [1.807, 2.05) is 6.26 Å². The number of unbranched alkanes of at least 4 members (excludes halogenated alkanes) is 2. The fourth-order valence-corrected chi connectivity index (χ4v) is 4.01. The highest BCUT2D eigenvalue weighted by atomic mass is 32.2. The Labute approximate surface area is 224 Å². The third-order valence-electron chi connectivity index (χ3n) is 5.78. The molecule has 13 heteroatoms. The monoisotopic (exact) mass is 545 g/mol. The molecular formula is C24H47N7O5S. The molecule has 3 atom stereocenters. The predicted octanol–water partition coefficient (Wildman–Crippen LogP) is -0.948. The van der Waals surface area contributed by atoms with E-state index in [9.17, 15) is 24.0 Å². The number of hydrogen-bond acceptors (Lipinski definition) is 8. The van der Waals surface area contributed by atoms with Crippen molar-refractivity contribution in [2.24, 2.45) is 23.1 Å². The molecule has 0 rings (SSSR count). The van der Waals surface area contributed by atoms with Gasteiger partial charge < -0.3 is 38.1 Å². The summed E-state index contributed by atoms with van der Waals surface area (Å²) in [6, 6.07) is -2.72. The van der Waals surface area contributed by atoms with Gasteiger partial charge >= 0.3 is 0 Å². The van der Waals surface area contributed by atoms with Crippen molar-refractivity contribution >= 4 is 41.3 Å². The Morgan fingerprint density at radius 1 is 0.838 bits per heavy atom. The smallest absolute Gasteiger partial charge is 0.243 e. The van der Waals surface area contributed by atoms with Crippen molar-refractivity contribution in [3.63, 3.8) is 0 Å². The largest absolute Gasteiger partial charge is 0.368 e. The second kappa shape index (κ2) is 19.7. The molecule has 9 N–H and O–H groups in total. The Balaban J connectivity index is 5.42. The summed E-state index contributed by atoms with van der Waals surface area (Å²) in [5, 5.41) is 8.06. The molecular weight excluding hydrogens is 498 g/mol. The van der Waals surface area contributed by atoms with E-state index in [4.69, 9.17) is 17.2 Å². The van der Waals surface area contributed by atoms with Gasteiger partial charge in [-0.1, -0.05) is 13.8 Å². The van der Waals surface area contributed by atoms with Crippen LogP contribution in [0.1, 0.15) is 59.3 Å². The number of nitrogens with zero attached hydrogens (tertiary/aromatic N) is 1. The van der Waals surface area contributed by atoms with Crippen molar-refractivity contribution in [1.29, 1.82) is 0 Å². The van der Waals surface area contributed by atoms with Crippen LogP contribution in [0, 0.1) is 5.92 Å². The molecule has 5 amide bonds. The topological polar surface area (TPSA) is 203 Å². The highest BCUT2D eigenvalue weighted by molar-refractivity contribution is 7.98. The van der Waals surface area contributed by atoms with Gasteiger partial charge in [0, 0.05) is 13.5 Å². The third kappa shape index (κ3) is 14.8. The van der Waals surface area contributed by atoms with E-state index in [0.29, 0.717) is 57.5 Å². The lowest BCUT2D eigenvalue weighted by atomic mass is 10.0. The number of carbonyl (C=O) groups excluding carboxylic acids is 5. The summed E-state index contributed by atoms with van der Waals surface area (Å²) in [5.41, 5.74) is 16.5. The van der Waals surface area contributed by atoms with Crippen LogP contribution in [0.5, 0.6) is 0 Å². The average Bonchev–Trinajstić information content (AvgIpc) is 2.83. The standard InChI is InChI=1S/C24H47N7O5S/c1-16(2)21(30-20(33)15-31(17(3)32)13-8-7-12-26)24(36)29-19(9-5-6-11-25)23(35)28-18(22(27)34)10-14-37-4/h16,18-19,21H,5-15,25-26H2,1-4H3,(H2,27,34)(H,28,35)(H,29,36)(H,30,33)/t18?,19-,21?/m1/s1. The number of carbonyl (C=O) groups is 5. The van der Waals surface area contributed by atoms with Crippen LogP contribution in [0.3, 0.4) is 0 Å². The molecule has 214 valence electrons. The summed E-state index contributed by atoms with van der Waals surface area (Å²) >= 11 is 1.52. The van der Waals surface area contributed by atoms with Crippen molar-refractivity contribution < 1.29 is 24.0 Å². The van der Waals surface area contributed by atoms with Gasteiger partial charge in [0.1, 0.15) is 18.1 Å². The molecule has 12 nitrogen and oxygen atoms in total. The van der Waals surface area contributed by atoms with Crippen LogP contribution < -0.4 is 33.2 Å². The fraction of sp³-hybridized carbons (Fsp3) is 0.792. The summed E-state index contributed by atoms with van der Waals surface area (Å²) in [5.74, 6) is -2.10. The van der Waals surface area contributed by atoms with Gasteiger partial charge in [-0.15, -0.1) is 0 Å². The molecule has 0 spiro atoms. The second-order valence-corrected chi connectivity index (χ2v) is 10.3. The van der Waals surface area contributed by atoms with Crippen LogP contribution in [0.2, 0.25) is 0 Å². The lowest BCUT2D eigenvalue weighted by molar-refractivity contribution is -0.137. The van der Waals surface area contributed by atoms with Crippen LogP contribution in [-0.2, 0) is 24.0 Å².